The van der Waals surface area contributed by atoms with Crippen LogP contribution in [0.15, 0.2) is 48.5 Å². The van der Waals surface area contributed by atoms with Gasteiger partial charge in [0.1, 0.15) is 0 Å². The maximum atomic E-state index is 11.4. The van der Waals surface area contributed by atoms with Gasteiger partial charge in [0.05, 0.1) is 11.3 Å². The summed E-state index contributed by atoms with van der Waals surface area (Å²) in [6.07, 6.45) is 1.07. The first-order valence-electron chi connectivity index (χ1n) is 7.29. The van der Waals surface area contributed by atoms with Gasteiger partial charge >= 0.3 is 5.97 Å². The molecular weight excluding hydrogens is 262 g/mol. The van der Waals surface area contributed by atoms with Gasteiger partial charge < -0.3 is 10.0 Å². The number of carbonyl (C=O) groups is 1. The van der Waals surface area contributed by atoms with Gasteiger partial charge in [-0.05, 0) is 36.6 Å². The van der Waals surface area contributed by atoms with Crippen LogP contribution >= 0.6 is 0 Å². The van der Waals surface area contributed by atoms with Crippen LogP contribution in [0.5, 0.6) is 0 Å². The van der Waals surface area contributed by atoms with Gasteiger partial charge in [-0.15, -0.1) is 0 Å². The van der Waals surface area contributed by atoms with Crippen LogP contribution in [0.4, 0.5) is 5.69 Å². The van der Waals surface area contributed by atoms with Crippen molar-refractivity contribution in [3.63, 3.8) is 0 Å². The summed E-state index contributed by atoms with van der Waals surface area (Å²) in [6, 6.07) is 16.0. The number of carboxylic acids is 1. The molecule has 0 aromatic heterocycles. The second kappa shape index (κ2) is 5.60. The summed E-state index contributed by atoms with van der Waals surface area (Å²) >= 11 is 0. The fourth-order valence-corrected chi connectivity index (χ4v) is 3.06. The molecule has 0 amide bonds. The standard InChI is InChI=1S/C18H19NO2/c1-13-7-8-16(18(20)21)17(11-13)19-10-9-15(12-19)14-5-3-2-4-6-14/h2-8,11,15H,9-10,12H2,1H3,(H,20,21). The molecule has 1 N–H and O–H groups in total. The average molecular weight is 281 g/mol. The number of nitrogens with zero attached hydrogens (tertiary/aromatic N) is 1. The molecule has 1 unspecified atom stereocenters. The van der Waals surface area contributed by atoms with Crippen LogP contribution in [0.1, 0.15) is 33.8 Å². The molecule has 3 rings (SSSR count). The van der Waals surface area contributed by atoms with Crippen LogP contribution < -0.4 is 4.90 Å². The number of benzene rings is 2. The lowest BCUT2D eigenvalue weighted by Crippen LogP contribution is -2.22. The molecule has 0 aliphatic carbocycles. The zero-order valence-corrected chi connectivity index (χ0v) is 12.1. The number of hydrogen-bond donors (Lipinski definition) is 1. The number of aromatic carboxylic acids is 1. The van der Waals surface area contributed by atoms with Crippen molar-refractivity contribution in [2.45, 2.75) is 19.3 Å². The summed E-state index contributed by atoms with van der Waals surface area (Å²) in [5.41, 5.74) is 3.68. The Morgan fingerprint density at radius 2 is 1.95 bits per heavy atom. The minimum absolute atomic E-state index is 0.398. The molecule has 1 aliphatic rings. The first kappa shape index (κ1) is 13.7. The molecule has 1 saturated heterocycles. The van der Waals surface area contributed by atoms with Crippen molar-refractivity contribution in [3.05, 3.63) is 65.2 Å². The molecule has 1 heterocycles. The third-order valence-electron chi connectivity index (χ3n) is 4.18. The van der Waals surface area contributed by atoms with Crippen LogP contribution in [0, 0.1) is 6.92 Å². The van der Waals surface area contributed by atoms with Gasteiger partial charge in [-0.1, -0.05) is 36.4 Å². The van der Waals surface area contributed by atoms with Crippen molar-refractivity contribution >= 4 is 11.7 Å². The molecule has 3 nitrogen and oxygen atoms in total. The summed E-state index contributed by atoms with van der Waals surface area (Å²) in [5, 5.41) is 9.37. The minimum atomic E-state index is -0.854. The Bertz CT molecular complexity index is 652. The molecule has 1 aliphatic heterocycles. The van der Waals surface area contributed by atoms with E-state index in [9.17, 15) is 9.90 Å². The van der Waals surface area contributed by atoms with Crippen molar-refractivity contribution in [2.75, 3.05) is 18.0 Å². The van der Waals surface area contributed by atoms with Crippen LogP contribution in [-0.2, 0) is 0 Å². The predicted molar refractivity (Wildman–Crippen MR) is 84.2 cm³/mol. The highest BCUT2D eigenvalue weighted by atomic mass is 16.4. The molecule has 0 radical (unpaired) electrons. The summed E-state index contributed by atoms with van der Waals surface area (Å²) in [5.74, 6) is -0.374. The zero-order valence-electron chi connectivity index (χ0n) is 12.1. The van der Waals surface area contributed by atoms with Gasteiger partial charge in [0, 0.05) is 19.0 Å². The van der Waals surface area contributed by atoms with E-state index in [1.54, 1.807) is 6.07 Å². The van der Waals surface area contributed by atoms with Crippen molar-refractivity contribution in [2.24, 2.45) is 0 Å². The SMILES string of the molecule is Cc1ccc(C(=O)O)c(N2CCC(c3ccccc3)C2)c1. The Morgan fingerprint density at radius 3 is 2.67 bits per heavy atom. The summed E-state index contributed by atoms with van der Waals surface area (Å²) in [4.78, 5) is 13.6. The monoisotopic (exact) mass is 281 g/mol. The second-order valence-corrected chi connectivity index (χ2v) is 5.67. The van der Waals surface area contributed by atoms with Crippen molar-refractivity contribution in [3.8, 4) is 0 Å². The molecule has 3 heteroatoms. The summed E-state index contributed by atoms with van der Waals surface area (Å²) in [6.45, 7) is 3.79. The Balaban J connectivity index is 1.86. The van der Waals surface area contributed by atoms with Crippen LogP contribution in [0.3, 0.4) is 0 Å². The van der Waals surface area contributed by atoms with E-state index in [2.05, 4.69) is 29.2 Å². The molecule has 0 saturated carbocycles. The highest BCUT2D eigenvalue weighted by Gasteiger charge is 2.26. The second-order valence-electron chi connectivity index (χ2n) is 5.67. The number of carboxylic acid groups (broad SMARTS) is 1. The van der Waals surface area contributed by atoms with E-state index in [-0.39, 0.29) is 0 Å². The summed E-state index contributed by atoms with van der Waals surface area (Å²) in [7, 11) is 0. The molecule has 1 fully saturated rings. The molecule has 0 bridgehead atoms. The third kappa shape index (κ3) is 2.77. The van der Waals surface area contributed by atoms with E-state index in [1.807, 2.05) is 25.1 Å². The highest BCUT2D eigenvalue weighted by Crippen LogP contribution is 2.33. The largest absolute Gasteiger partial charge is 0.478 e. The van der Waals surface area contributed by atoms with Gasteiger partial charge in [-0.3, -0.25) is 0 Å². The maximum Gasteiger partial charge on any atom is 0.337 e. The van der Waals surface area contributed by atoms with E-state index < -0.39 is 5.97 Å². The Morgan fingerprint density at radius 1 is 1.19 bits per heavy atom. The van der Waals surface area contributed by atoms with Crippen LogP contribution in [-0.4, -0.2) is 24.2 Å². The predicted octanol–water partition coefficient (Wildman–Crippen LogP) is 3.69. The van der Waals surface area contributed by atoms with Gasteiger partial charge in [0.25, 0.3) is 0 Å². The van der Waals surface area contributed by atoms with E-state index in [0.717, 1.165) is 30.8 Å². The first-order valence-corrected chi connectivity index (χ1v) is 7.29. The van der Waals surface area contributed by atoms with Gasteiger partial charge in [0.15, 0.2) is 0 Å². The molecule has 108 valence electrons. The lowest BCUT2D eigenvalue weighted by Gasteiger charge is -2.21. The molecule has 1 atom stereocenters. The molecular formula is C18H19NO2. The number of hydrogen-bond acceptors (Lipinski definition) is 2. The van der Waals surface area contributed by atoms with Crippen LogP contribution in [0.2, 0.25) is 0 Å². The van der Waals surface area contributed by atoms with E-state index >= 15 is 0 Å². The highest BCUT2D eigenvalue weighted by molar-refractivity contribution is 5.94. The fourth-order valence-electron chi connectivity index (χ4n) is 3.06. The fraction of sp³-hybridized carbons (Fsp3) is 0.278. The Hall–Kier alpha value is -2.29. The normalized spacial score (nSPS) is 18.0. The third-order valence-corrected chi connectivity index (χ3v) is 4.18. The molecule has 21 heavy (non-hydrogen) atoms. The average Bonchev–Trinajstić information content (AvgIpc) is 2.97. The van der Waals surface area contributed by atoms with Crippen LogP contribution in [0.25, 0.3) is 0 Å². The summed E-state index contributed by atoms with van der Waals surface area (Å²) < 4.78 is 0. The van der Waals surface area contributed by atoms with E-state index in [4.69, 9.17) is 0 Å². The van der Waals surface area contributed by atoms with Gasteiger partial charge in [-0.2, -0.15) is 0 Å². The number of rotatable bonds is 3. The number of anilines is 1. The minimum Gasteiger partial charge on any atom is -0.478 e. The zero-order chi connectivity index (χ0) is 14.8. The number of aryl methyl sites for hydroxylation is 1. The Labute approximate surface area is 124 Å². The molecule has 2 aromatic carbocycles. The lowest BCUT2D eigenvalue weighted by atomic mass is 9.99. The maximum absolute atomic E-state index is 11.4. The van der Waals surface area contributed by atoms with Gasteiger partial charge in [-0.25, -0.2) is 4.79 Å². The van der Waals surface area contributed by atoms with E-state index in [0.29, 0.717) is 11.5 Å². The topological polar surface area (TPSA) is 40.5 Å². The molecule has 0 spiro atoms. The van der Waals surface area contributed by atoms with Gasteiger partial charge in [0.2, 0.25) is 0 Å². The first-order chi connectivity index (χ1) is 10.1. The lowest BCUT2D eigenvalue weighted by molar-refractivity contribution is 0.0697. The quantitative estimate of drug-likeness (QED) is 0.932. The smallest absolute Gasteiger partial charge is 0.337 e. The van der Waals surface area contributed by atoms with E-state index in [1.165, 1.54) is 5.56 Å². The van der Waals surface area contributed by atoms with Crippen molar-refractivity contribution in [1.82, 2.24) is 0 Å². The Kier molecular flexibility index (Phi) is 3.65. The van der Waals surface area contributed by atoms with Crippen molar-refractivity contribution < 1.29 is 9.90 Å². The van der Waals surface area contributed by atoms with Crippen molar-refractivity contribution in [1.29, 1.82) is 0 Å². The molecule has 2 aromatic rings.